The van der Waals surface area contributed by atoms with Crippen LogP contribution in [0.4, 0.5) is 24.5 Å². The van der Waals surface area contributed by atoms with E-state index in [1.807, 2.05) is 0 Å². The number of anilines is 2. The summed E-state index contributed by atoms with van der Waals surface area (Å²) in [5.74, 6) is -2.68. The fraction of sp³-hybridized carbons (Fsp3) is 0.0714. The van der Waals surface area contributed by atoms with Gasteiger partial charge in [-0.25, -0.2) is 13.2 Å². The van der Waals surface area contributed by atoms with Gasteiger partial charge in [0.1, 0.15) is 10.8 Å². The summed E-state index contributed by atoms with van der Waals surface area (Å²) in [4.78, 5) is -0.227. The van der Waals surface area contributed by atoms with Gasteiger partial charge in [0.2, 0.25) is 0 Å². The largest absolute Gasteiger partial charge is 0.389 e. The van der Waals surface area contributed by atoms with Crippen molar-refractivity contribution >= 4 is 28.6 Å². The van der Waals surface area contributed by atoms with E-state index in [0.717, 1.165) is 0 Å². The molecule has 6 heteroatoms. The van der Waals surface area contributed by atoms with Crippen molar-refractivity contribution in [2.45, 2.75) is 6.92 Å². The molecule has 0 aliphatic heterocycles. The molecule has 0 bridgehead atoms. The highest BCUT2D eigenvalue weighted by Gasteiger charge is 2.15. The highest BCUT2D eigenvalue weighted by atomic mass is 32.1. The van der Waals surface area contributed by atoms with E-state index in [0.29, 0.717) is 11.3 Å². The Morgan fingerprint density at radius 3 is 2.40 bits per heavy atom. The number of rotatable bonds is 3. The van der Waals surface area contributed by atoms with E-state index >= 15 is 0 Å². The van der Waals surface area contributed by atoms with E-state index in [4.69, 9.17) is 5.73 Å². The molecule has 0 saturated carbocycles. The lowest BCUT2D eigenvalue weighted by Gasteiger charge is -2.10. The molecule has 3 N–H and O–H groups in total. The zero-order valence-electron chi connectivity index (χ0n) is 10.5. The van der Waals surface area contributed by atoms with Gasteiger partial charge in [-0.15, -0.1) is 0 Å². The van der Waals surface area contributed by atoms with Crippen molar-refractivity contribution in [2.24, 2.45) is 5.73 Å². The minimum Gasteiger partial charge on any atom is -0.389 e. The molecule has 0 unspecified atom stereocenters. The molecular formula is C14H11F3N2S. The maximum absolute atomic E-state index is 13.8. The van der Waals surface area contributed by atoms with Crippen LogP contribution in [0, 0.1) is 24.4 Å². The summed E-state index contributed by atoms with van der Waals surface area (Å²) >= 11 is 4.61. The minimum atomic E-state index is -1.13. The van der Waals surface area contributed by atoms with Crippen LogP contribution in [0.2, 0.25) is 0 Å². The second-order valence-corrected chi connectivity index (χ2v) is 4.68. The van der Waals surface area contributed by atoms with Gasteiger partial charge in [-0.2, -0.15) is 0 Å². The lowest BCUT2D eigenvalue weighted by atomic mass is 10.1. The molecule has 0 saturated heterocycles. The van der Waals surface area contributed by atoms with Crippen LogP contribution in [0.1, 0.15) is 11.1 Å². The van der Waals surface area contributed by atoms with Crippen LogP contribution < -0.4 is 11.1 Å². The van der Waals surface area contributed by atoms with Crippen LogP contribution in [0.5, 0.6) is 0 Å². The summed E-state index contributed by atoms with van der Waals surface area (Å²) in [6.07, 6.45) is 0. The smallest absolute Gasteiger partial charge is 0.182 e. The highest BCUT2D eigenvalue weighted by Crippen LogP contribution is 2.25. The first kappa shape index (κ1) is 14.3. The fourth-order valence-corrected chi connectivity index (χ4v) is 1.82. The van der Waals surface area contributed by atoms with Gasteiger partial charge in [0.15, 0.2) is 11.6 Å². The Labute approximate surface area is 119 Å². The topological polar surface area (TPSA) is 38.0 Å². The van der Waals surface area contributed by atoms with Gasteiger partial charge in [-0.05, 0) is 36.8 Å². The molecule has 2 nitrogen and oxygen atoms in total. The fourth-order valence-electron chi connectivity index (χ4n) is 1.66. The van der Waals surface area contributed by atoms with Crippen LogP contribution in [-0.2, 0) is 0 Å². The van der Waals surface area contributed by atoms with Gasteiger partial charge in [0.25, 0.3) is 0 Å². The Hall–Kier alpha value is -2.08. The van der Waals surface area contributed by atoms with Crippen LogP contribution in [0.15, 0.2) is 30.3 Å². The van der Waals surface area contributed by atoms with E-state index in [2.05, 4.69) is 17.5 Å². The second kappa shape index (κ2) is 5.50. The summed E-state index contributed by atoms with van der Waals surface area (Å²) < 4.78 is 40.9. The summed E-state index contributed by atoms with van der Waals surface area (Å²) in [5.41, 5.74) is 5.77. The molecule has 0 aromatic heterocycles. The Morgan fingerprint density at radius 2 is 1.80 bits per heavy atom. The first-order valence-corrected chi connectivity index (χ1v) is 6.12. The molecule has 2 aromatic carbocycles. The van der Waals surface area contributed by atoms with Crippen molar-refractivity contribution in [3.05, 3.63) is 58.9 Å². The monoisotopic (exact) mass is 296 g/mol. The Balaban J connectivity index is 2.37. The van der Waals surface area contributed by atoms with Gasteiger partial charge in [-0.3, -0.25) is 0 Å². The molecule has 0 amide bonds. The summed E-state index contributed by atoms with van der Waals surface area (Å²) in [6, 6.07) is 6.87. The zero-order chi connectivity index (χ0) is 14.9. The van der Waals surface area contributed by atoms with Crippen LogP contribution in [0.25, 0.3) is 0 Å². The number of nitrogens with two attached hydrogens (primary N) is 1. The third kappa shape index (κ3) is 2.75. The molecule has 104 valence electrons. The number of nitrogens with one attached hydrogen (secondary N) is 1. The van der Waals surface area contributed by atoms with Crippen molar-refractivity contribution in [2.75, 3.05) is 5.32 Å². The van der Waals surface area contributed by atoms with Gasteiger partial charge in [0, 0.05) is 11.3 Å². The van der Waals surface area contributed by atoms with Gasteiger partial charge < -0.3 is 11.1 Å². The molecule has 0 radical (unpaired) electrons. The lowest BCUT2D eigenvalue weighted by molar-refractivity contribution is 0.510. The summed E-state index contributed by atoms with van der Waals surface area (Å²) in [5, 5.41) is 2.61. The van der Waals surface area contributed by atoms with Crippen molar-refractivity contribution < 1.29 is 13.2 Å². The first-order valence-electron chi connectivity index (χ1n) is 5.71. The van der Waals surface area contributed by atoms with E-state index < -0.39 is 17.5 Å². The number of thiocarbonyl (C=S) groups is 1. The predicted molar refractivity (Wildman–Crippen MR) is 76.7 cm³/mol. The molecule has 0 heterocycles. The molecule has 0 spiro atoms. The first-order chi connectivity index (χ1) is 9.40. The molecular weight excluding hydrogens is 285 g/mol. The molecule has 0 aliphatic carbocycles. The third-order valence-corrected chi connectivity index (χ3v) is 3.02. The normalized spacial score (nSPS) is 10.4. The maximum Gasteiger partial charge on any atom is 0.182 e. The average Bonchev–Trinajstić information content (AvgIpc) is 2.39. The Kier molecular flexibility index (Phi) is 3.94. The van der Waals surface area contributed by atoms with Crippen molar-refractivity contribution in [1.82, 2.24) is 0 Å². The Morgan fingerprint density at radius 1 is 1.10 bits per heavy atom. The number of halogens is 3. The van der Waals surface area contributed by atoms with Crippen LogP contribution >= 0.6 is 12.2 Å². The quantitative estimate of drug-likeness (QED) is 0.846. The number of hydrogen-bond acceptors (Lipinski definition) is 2. The molecule has 0 atom stereocenters. The Bertz CT molecular complexity index is 686. The van der Waals surface area contributed by atoms with E-state index in [9.17, 15) is 13.2 Å². The molecule has 0 fully saturated rings. The average molecular weight is 296 g/mol. The summed E-state index contributed by atoms with van der Waals surface area (Å²) in [7, 11) is 0. The number of aryl methyl sites for hydroxylation is 1. The molecule has 2 rings (SSSR count). The van der Waals surface area contributed by atoms with Crippen molar-refractivity contribution in [3.63, 3.8) is 0 Å². The molecule has 0 aliphatic rings. The summed E-state index contributed by atoms with van der Waals surface area (Å²) in [6.45, 7) is 1.61. The van der Waals surface area contributed by atoms with Crippen LogP contribution in [-0.4, -0.2) is 4.99 Å². The van der Waals surface area contributed by atoms with E-state index in [1.165, 1.54) is 24.3 Å². The third-order valence-electron chi connectivity index (χ3n) is 2.80. The second-order valence-electron chi connectivity index (χ2n) is 4.24. The maximum atomic E-state index is 13.8. The SMILES string of the molecule is Cc1ccc(Nc2ccc(C(N)=S)c(F)c2F)cc1F. The molecule has 20 heavy (non-hydrogen) atoms. The van der Waals surface area contributed by atoms with E-state index in [-0.39, 0.29) is 16.2 Å². The van der Waals surface area contributed by atoms with Crippen LogP contribution in [0.3, 0.4) is 0 Å². The van der Waals surface area contributed by atoms with Crippen molar-refractivity contribution in [3.8, 4) is 0 Å². The van der Waals surface area contributed by atoms with Crippen molar-refractivity contribution in [1.29, 1.82) is 0 Å². The number of benzene rings is 2. The molecule has 2 aromatic rings. The number of hydrogen-bond donors (Lipinski definition) is 2. The van der Waals surface area contributed by atoms with Gasteiger partial charge >= 0.3 is 0 Å². The predicted octanol–water partition coefficient (Wildman–Crippen LogP) is 3.79. The van der Waals surface area contributed by atoms with E-state index in [1.54, 1.807) is 13.0 Å². The van der Waals surface area contributed by atoms with Gasteiger partial charge in [-0.1, -0.05) is 18.3 Å². The standard InChI is InChI=1S/C14H11F3N2S/c1-7-2-3-8(6-10(7)15)19-11-5-4-9(14(18)20)12(16)13(11)17/h2-6,19H,1H3,(H2,18,20). The lowest BCUT2D eigenvalue weighted by Crippen LogP contribution is -2.13. The minimum absolute atomic E-state index is 0.120. The highest BCUT2D eigenvalue weighted by molar-refractivity contribution is 7.80. The zero-order valence-corrected chi connectivity index (χ0v) is 11.3. The van der Waals surface area contributed by atoms with Gasteiger partial charge in [0.05, 0.1) is 5.69 Å².